The van der Waals surface area contributed by atoms with Gasteiger partial charge in [0.05, 0.1) is 11.1 Å². The zero-order chi connectivity index (χ0) is 11.5. The lowest BCUT2D eigenvalue weighted by atomic mass is 10.1. The topological polar surface area (TPSA) is 81.4 Å². The summed E-state index contributed by atoms with van der Waals surface area (Å²) in [5.41, 5.74) is 5.19. The van der Waals surface area contributed by atoms with Crippen LogP contribution in [-0.2, 0) is 14.8 Å². The van der Waals surface area contributed by atoms with Crippen molar-refractivity contribution in [3.63, 3.8) is 0 Å². The Bertz CT molecular complexity index is 323. The fourth-order valence-corrected chi connectivity index (χ4v) is 3.23. The van der Waals surface area contributed by atoms with Crippen LogP contribution in [0.3, 0.4) is 0 Å². The predicted octanol–water partition coefficient (Wildman–Crippen LogP) is -0.241. The van der Waals surface area contributed by atoms with Crippen LogP contribution in [-0.4, -0.2) is 37.9 Å². The molecular weight excluding hydrogens is 236 g/mol. The van der Waals surface area contributed by atoms with Gasteiger partial charge in [-0.3, -0.25) is 0 Å². The first-order valence-electron chi connectivity index (χ1n) is 4.80. The molecule has 0 bridgehead atoms. The van der Waals surface area contributed by atoms with E-state index in [0.29, 0.717) is 6.61 Å². The zero-order valence-corrected chi connectivity index (χ0v) is 10.2. The van der Waals surface area contributed by atoms with Crippen LogP contribution < -0.4 is 10.5 Å². The first-order valence-corrected chi connectivity index (χ1v) is 6.86. The fraction of sp³-hybridized carbons (Fsp3) is 0.875. The van der Waals surface area contributed by atoms with Crippen molar-refractivity contribution < 1.29 is 13.2 Å². The minimum atomic E-state index is -3.41. The third kappa shape index (κ3) is 4.42. The monoisotopic (exact) mass is 252 g/mol. The van der Waals surface area contributed by atoms with Crippen LogP contribution in [0.15, 0.2) is 0 Å². The molecule has 2 atom stereocenters. The molecule has 1 fully saturated rings. The number of hydrogen-bond acceptors (Lipinski definition) is 4. The highest BCUT2D eigenvalue weighted by Gasteiger charge is 2.26. The van der Waals surface area contributed by atoms with Crippen molar-refractivity contribution in [2.24, 2.45) is 5.73 Å². The van der Waals surface area contributed by atoms with Crippen molar-refractivity contribution >= 4 is 27.2 Å². The van der Waals surface area contributed by atoms with Gasteiger partial charge in [0.15, 0.2) is 0 Å². The van der Waals surface area contributed by atoms with Gasteiger partial charge in [0.25, 0.3) is 0 Å². The van der Waals surface area contributed by atoms with Gasteiger partial charge in [0.2, 0.25) is 10.0 Å². The molecule has 5 nitrogen and oxygen atoms in total. The van der Waals surface area contributed by atoms with E-state index in [1.165, 1.54) is 0 Å². The lowest BCUT2D eigenvalue weighted by Gasteiger charge is -2.19. The molecule has 0 aliphatic carbocycles. The second-order valence-electron chi connectivity index (χ2n) is 3.68. The Morgan fingerprint density at radius 1 is 1.73 bits per heavy atom. The fourth-order valence-electron chi connectivity index (χ4n) is 1.58. The van der Waals surface area contributed by atoms with E-state index in [-0.39, 0.29) is 22.9 Å². The van der Waals surface area contributed by atoms with Gasteiger partial charge in [-0.15, -0.1) is 0 Å². The van der Waals surface area contributed by atoms with Crippen LogP contribution >= 0.6 is 12.2 Å². The van der Waals surface area contributed by atoms with Crippen LogP contribution in [0.5, 0.6) is 0 Å². The van der Waals surface area contributed by atoms with Gasteiger partial charge in [-0.1, -0.05) is 12.2 Å². The largest absolute Gasteiger partial charge is 0.392 e. The Balaban J connectivity index is 2.49. The van der Waals surface area contributed by atoms with Crippen molar-refractivity contribution in [3.8, 4) is 0 Å². The number of rotatable bonds is 5. The normalized spacial score (nSPS) is 23.9. The van der Waals surface area contributed by atoms with E-state index in [2.05, 4.69) is 16.9 Å². The summed E-state index contributed by atoms with van der Waals surface area (Å²) in [5.74, 6) is -0.306. The Morgan fingerprint density at radius 3 is 2.87 bits per heavy atom. The molecule has 0 saturated carbocycles. The molecular formula is C8H16N2O3S2. The second kappa shape index (κ2) is 5.20. The first kappa shape index (κ1) is 12.8. The lowest BCUT2D eigenvalue weighted by Crippen LogP contribution is -2.43. The van der Waals surface area contributed by atoms with Crippen LogP contribution in [0.2, 0.25) is 0 Å². The van der Waals surface area contributed by atoms with E-state index in [4.69, 9.17) is 10.5 Å². The molecule has 0 amide bonds. The van der Waals surface area contributed by atoms with E-state index < -0.39 is 10.0 Å². The molecule has 88 valence electrons. The van der Waals surface area contributed by atoms with Gasteiger partial charge in [-0.05, 0) is 19.8 Å². The van der Waals surface area contributed by atoms with E-state index >= 15 is 0 Å². The Morgan fingerprint density at radius 2 is 2.40 bits per heavy atom. The van der Waals surface area contributed by atoms with E-state index in [9.17, 15) is 8.42 Å². The van der Waals surface area contributed by atoms with Gasteiger partial charge < -0.3 is 10.5 Å². The standard InChI is InChI=1S/C8H16N2O3S2/c1-6(7-3-2-4-13-7)10-15(11,12)5-8(9)14/h6-7,10H,2-5H2,1H3,(H2,9,14). The molecule has 1 aliphatic heterocycles. The third-order valence-corrected chi connectivity index (χ3v) is 3.97. The molecule has 1 saturated heterocycles. The van der Waals surface area contributed by atoms with Crippen LogP contribution in [0.25, 0.3) is 0 Å². The zero-order valence-electron chi connectivity index (χ0n) is 8.60. The molecule has 0 aromatic carbocycles. The van der Waals surface area contributed by atoms with Crippen molar-refractivity contribution in [1.29, 1.82) is 0 Å². The number of sulfonamides is 1. The molecule has 7 heteroatoms. The van der Waals surface area contributed by atoms with Gasteiger partial charge >= 0.3 is 0 Å². The summed E-state index contributed by atoms with van der Waals surface area (Å²) in [4.78, 5) is -0.0259. The molecule has 3 N–H and O–H groups in total. The van der Waals surface area contributed by atoms with E-state index in [1.807, 2.05) is 0 Å². The highest BCUT2D eigenvalue weighted by molar-refractivity contribution is 7.92. The summed E-state index contributed by atoms with van der Waals surface area (Å²) in [5, 5.41) is 0. The maximum atomic E-state index is 11.5. The summed E-state index contributed by atoms with van der Waals surface area (Å²) < 4.78 is 30.8. The molecule has 0 radical (unpaired) electrons. The minimum Gasteiger partial charge on any atom is -0.392 e. The Kier molecular flexibility index (Phi) is 4.45. The SMILES string of the molecule is CC(NS(=O)(=O)CC(N)=S)C1CCCO1. The predicted molar refractivity (Wildman–Crippen MR) is 62.1 cm³/mol. The van der Waals surface area contributed by atoms with Gasteiger partial charge in [0, 0.05) is 12.6 Å². The van der Waals surface area contributed by atoms with Gasteiger partial charge in [-0.25, -0.2) is 13.1 Å². The summed E-state index contributed by atoms with van der Waals surface area (Å²) in [6.07, 6.45) is 1.83. The average molecular weight is 252 g/mol. The Labute approximate surface area is 95.4 Å². The molecule has 2 unspecified atom stereocenters. The lowest BCUT2D eigenvalue weighted by molar-refractivity contribution is 0.0903. The van der Waals surface area contributed by atoms with Gasteiger partial charge in [-0.2, -0.15) is 0 Å². The smallest absolute Gasteiger partial charge is 0.218 e. The van der Waals surface area contributed by atoms with Crippen molar-refractivity contribution in [1.82, 2.24) is 4.72 Å². The average Bonchev–Trinajstić information content (AvgIpc) is 2.50. The molecule has 0 spiro atoms. The highest BCUT2D eigenvalue weighted by Crippen LogP contribution is 2.15. The molecule has 0 aromatic heterocycles. The van der Waals surface area contributed by atoms with Gasteiger partial charge in [0.1, 0.15) is 5.75 Å². The van der Waals surface area contributed by atoms with E-state index in [0.717, 1.165) is 12.8 Å². The number of hydrogen-bond donors (Lipinski definition) is 2. The van der Waals surface area contributed by atoms with Crippen LogP contribution in [0.1, 0.15) is 19.8 Å². The number of thiocarbonyl (C=S) groups is 1. The molecule has 1 heterocycles. The molecule has 1 rings (SSSR count). The Hall–Kier alpha value is -0.240. The van der Waals surface area contributed by atoms with Crippen LogP contribution in [0.4, 0.5) is 0 Å². The summed E-state index contributed by atoms with van der Waals surface area (Å²) in [6, 6.07) is -0.230. The highest BCUT2D eigenvalue weighted by atomic mass is 32.2. The number of nitrogens with one attached hydrogen (secondary N) is 1. The first-order chi connectivity index (χ1) is 6.91. The molecule has 0 aromatic rings. The van der Waals surface area contributed by atoms with E-state index in [1.54, 1.807) is 6.92 Å². The maximum absolute atomic E-state index is 11.5. The second-order valence-corrected chi connectivity index (χ2v) is 5.96. The van der Waals surface area contributed by atoms with Crippen molar-refractivity contribution in [2.75, 3.05) is 12.4 Å². The summed E-state index contributed by atoms with van der Waals surface area (Å²) >= 11 is 4.56. The number of nitrogens with two attached hydrogens (primary N) is 1. The van der Waals surface area contributed by atoms with Crippen LogP contribution in [0, 0.1) is 0 Å². The summed E-state index contributed by atoms with van der Waals surface area (Å²) in [7, 11) is -3.41. The minimum absolute atomic E-state index is 0.0259. The maximum Gasteiger partial charge on any atom is 0.218 e. The third-order valence-electron chi connectivity index (χ3n) is 2.22. The number of ether oxygens (including phenoxy) is 1. The molecule has 15 heavy (non-hydrogen) atoms. The van der Waals surface area contributed by atoms with Crippen molar-refractivity contribution in [3.05, 3.63) is 0 Å². The van der Waals surface area contributed by atoms with Crippen molar-refractivity contribution in [2.45, 2.75) is 31.9 Å². The quantitative estimate of drug-likeness (QED) is 0.660. The summed E-state index contributed by atoms with van der Waals surface area (Å²) in [6.45, 7) is 2.49. The molecule has 1 aliphatic rings.